The Kier molecular flexibility index (Phi) is 11.8. The van der Waals surface area contributed by atoms with Gasteiger partial charge in [0, 0.05) is 17.6 Å². The van der Waals surface area contributed by atoms with Crippen LogP contribution in [0.15, 0.2) is 77.7 Å². The lowest BCUT2D eigenvalue weighted by atomic mass is 10.1. The third kappa shape index (κ3) is 8.49. The molecule has 0 aromatic heterocycles. The van der Waals surface area contributed by atoms with E-state index < -0.39 is 28.5 Å². The first-order valence-electron chi connectivity index (χ1n) is 14.2. The Morgan fingerprint density at radius 3 is 2.07 bits per heavy atom. The second-order valence-corrected chi connectivity index (χ2v) is 12.4. The molecule has 0 saturated heterocycles. The van der Waals surface area contributed by atoms with Crippen molar-refractivity contribution < 1.29 is 22.7 Å². The van der Waals surface area contributed by atoms with Gasteiger partial charge in [-0.05, 0) is 87.7 Å². The van der Waals surface area contributed by atoms with Crippen molar-refractivity contribution >= 4 is 39.1 Å². The summed E-state index contributed by atoms with van der Waals surface area (Å²) in [4.78, 5) is 29.0. The molecule has 2 amide bonds. The van der Waals surface area contributed by atoms with Crippen LogP contribution in [0.5, 0.6) is 5.75 Å². The van der Waals surface area contributed by atoms with Crippen molar-refractivity contribution in [2.45, 2.75) is 71.0 Å². The van der Waals surface area contributed by atoms with E-state index in [4.69, 9.17) is 16.3 Å². The van der Waals surface area contributed by atoms with Gasteiger partial charge in [-0.3, -0.25) is 13.9 Å². The van der Waals surface area contributed by atoms with E-state index >= 15 is 0 Å². The van der Waals surface area contributed by atoms with Gasteiger partial charge in [-0.2, -0.15) is 0 Å². The van der Waals surface area contributed by atoms with Gasteiger partial charge in [0.2, 0.25) is 11.8 Å². The number of benzene rings is 3. The maximum Gasteiger partial charge on any atom is 0.264 e. The van der Waals surface area contributed by atoms with E-state index in [1.807, 2.05) is 34.6 Å². The van der Waals surface area contributed by atoms with Crippen molar-refractivity contribution in [3.05, 3.63) is 88.9 Å². The van der Waals surface area contributed by atoms with Gasteiger partial charge in [-0.1, -0.05) is 55.3 Å². The number of nitrogens with zero attached hydrogens (tertiary/aromatic N) is 2. The second-order valence-electron chi connectivity index (χ2n) is 10.1. The summed E-state index contributed by atoms with van der Waals surface area (Å²) in [7, 11) is -4.15. The van der Waals surface area contributed by atoms with Crippen LogP contribution in [-0.4, -0.2) is 50.4 Å². The molecule has 0 spiro atoms. The minimum atomic E-state index is -4.15. The topological polar surface area (TPSA) is 96.0 Å². The average Bonchev–Trinajstić information content (AvgIpc) is 2.97. The predicted octanol–water partition coefficient (Wildman–Crippen LogP) is 5.96. The molecule has 2 atom stereocenters. The third-order valence-electron chi connectivity index (χ3n) is 6.98. The Bertz CT molecular complexity index is 1430. The summed E-state index contributed by atoms with van der Waals surface area (Å²) in [5, 5.41) is 3.52. The first-order chi connectivity index (χ1) is 20.0. The Labute approximate surface area is 254 Å². The molecule has 0 bridgehead atoms. The summed E-state index contributed by atoms with van der Waals surface area (Å²) in [5.74, 6) is -0.221. The van der Waals surface area contributed by atoms with Crippen LogP contribution in [-0.2, 0) is 26.2 Å². The first kappa shape index (κ1) is 32.9. The number of hydrogen-bond donors (Lipinski definition) is 1. The number of aryl methyl sites for hydroxylation is 1. The molecule has 8 nitrogen and oxygen atoms in total. The normalized spacial score (nSPS) is 12.7. The van der Waals surface area contributed by atoms with Crippen LogP contribution in [0.3, 0.4) is 0 Å². The number of ether oxygens (including phenoxy) is 1. The van der Waals surface area contributed by atoms with Crippen molar-refractivity contribution in [1.29, 1.82) is 0 Å². The smallest absolute Gasteiger partial charge is 0.264 e. The van der Waals surface area contributed by atoms with Crippen LogP contribution >= 0.6 is 11.6 Å². The van der Waals surface area contributed by atoms with E-state index in [1.165, 1.54) is 17.0 Å². The molecule has 0 heterocycles. The largest absolute Gasteiger partial charge is 0.494 e. The lowest BCUT2D eigenvalue weighted by Crippen LogP contribution is -2.53. The van der Waals surface area contributed by atoms with Crippen molar-refractivity contribution in [2.24, 2.45) is 0 Å². The Morgan fingerprint density at radius 1 is 0.905 bits per heavy atom. The molecule has 0 aliphatic carbocycles. The van der Waals surface area contributed by atoms with E-state index in [1.54, 1.807) is 60.7 Å². The van der Waals surface area contributed by atoms with Gasteiger partial charge in [-0.15, -0.1) is 0 Å². The predicted molar refractivity (Wildman–Crippen MR) is 167 cm³/mol. The SMILES string of the molecule is CCOc1ccc(N(CC(=O)N(Cc2ccc(Cl)cc2)[C@H](CC)C(=O)N[C@H](C)CC)S(=O)(=O)c2ccc(C)cc2)cc1. The zero-order chi connectivity index (χ0) is 30.9. The lowest BCUT2D eigenvalue weighted by molar-refractivity contribution is -0.140. The molecular weight excluding hydrogens is 574 g/mol. The number of carbonyl (C=O) groups excluding carboxylic acids is 2. The number of anilines is 1. The van der Waals surface area contributed by atoms with Gasteiger partial charge in [0.1, 0.15) is 18.3 Å². The van der Waals surface area contributed by atoms with Gasteiger partial charge < -0.3 is 15.0 Å². The van der Waals surface area contributed by atoms with Gasteiger partial charge in [-0.25, -0.2) is 8.42 Å². The van der Waals surface area contributed by atoms with Crippen LogP contribution < -0.4 is 14.4 Å². The Morgan fingerprint density at radius 2 is 1.52 bits per heavy atom. The summed E-state index contributed by atoms with van der Waals surface area (Å²) >= 11 is 6.08. The molecular formula is C32H40ClN3O5S. The third-order valence-corrected chi connectivity index (χ3v) is 9.02. The highest BCUT2D eigenvalue weighted by molar-refractivity contribution is 7.92. The van der Waals surface area contributed by atoms with Crippen LogP contribution in [0.25, 0.3) is 0 Å². The highest BCUT2D eigenvalue weighted by atomic mass is 35.5. The molecule has 0 aliphatic heterocycles. The molecule has 0 saturated carbocycles. The fraction of sp³-hybridized carbons (Fsp3) is 0.375. The molecule has 42 heavy (non-hydrogen) atoms. The molecule has 0 fully saturated rings. The number of amides is 2. The Balaban J connectivity index is 2.05. The lowest BCUT2D eigenvalue weighted by Gasteiger charge is -2.33. The zero-order valence-corrected chi connectivity index (χ0v) is 26.4. The van der Waals surface area contributed by atoms with Crippen LogP contribution in [0.2, 0.25) is 5.02 Å². The number of carbonyl (C=O) groups is 2. The molecule has 0 radical (unpaired) electrons. The summed E-state index contributed by atoms with van der Waals surface area (Å²) in [5.41, 5.74) is 1.97. The minimum Gasteiger partial charge on any atom is -0.494 e. The van der Waals surface area contributed by atoms with E-state index in [0.29, 0.717) is 29.5 Å². The summed E-state index contributed by atoms with van der Waals surface area (Å²) in [6.45, 7) is 9.47. The van der Waals surface area contributed by atoms with Crippen LogP contribution in [0, 0.1) is 6.92 Å². The molecule has 10 heteroatoms. The summed E-state index contributed by atoms with van der Waals surface area (Å²) < 4.78 is 34.6. The van der Waals surface area contributed by atoms with E-state index in [9.17, 15) is 18.0 Å². The summed E-state index contributed by atoms with van der Waals surface area (Å²) in [6, 6.07) is 19.1. The highest BCUT2D eigenvalue weighted by Crippen LogP contribution is 2.27. The molecule has 226 valence electrons. The molecule has 0 unspecified atom stereocenters. The molecule has 3 aromatic rings. The number of halogens is 1. The van der Waals surface area contributed by atoms with Gasteiger partial charge in [0.15, 0.2) is 0 Å². The molecule has 1 N–H and O–H groups in total. The maximum absolute atomic E-state index is 14.1. The van der Waals surface area contributed by atoms with Crippen molar-refractivity contribution in [1.82, 2.24) is 10.2 Å². The highest BCUT2D eigenvalue weighted by Gasteiger charge is 2.34. The van der Waals surface area contributed by atoms with Gasteiger partial charge >= 0.3 is 0 Å². The van der Waals surface area contributed by atoms with Crippen LogP contribution in [0.1, 0.15) is 51.7 Å². The quantitative estimate of drug-likeness (QED) is 0.242. The number of rotatable bonds is 14. The average molecular weight is 614 g/mol. The fourth-order valence-electron chi connectivity index (χ4n) is 4.39. The second kappa shape index (κ2) is 15.1. The monoisotopic (exact) mass is 613 g/mol. The molecule has 3 rings (SSSR count). The fourth-order valence-corrected chi connectivity index (χ4v) is 5.93. The number of sulfonamides is 1. The minimum absolute atomic E-state index is 0.0561. The summed E-state index contributed by atoms with van der Waals surface area (Å²) in [6.07, 6.45) is 1.07. The van der Waals surface area contributed by atoms with E-state index in [-0.39, 0.29) is 23.4 Å². The number of nitrogens with one attached hydrogen (secondary N) is 1. The van der Waals surface area contributed by atoms with Crippen molar-refractivity contribution in [3.63, 3.8) is 0 Å². The molecule has 3 aromatic carbocycles. The Hall–Kier alpha value is -3.56. The standard InChI is InChI=1S/C32H40ClN3O5S/c1-6-24(5)34-32(38)30(7-2)35(21-25-11-13-26(33)14-12-25)31(37)22-36(27-15-17-28(18-16-27)41-8-3)42(39,40)29-19-9-23(4)10-20-29/h9-20,24,30H,6-8,21-22H2,1-5H3,(H,34,38)/t24-,30-/m1/s1. The van der Waals surface area contributed by atoms with Crippen LogP contribution in [0.4, 0.5) is 5.69 Å². The zero-order valence-electron chi connectivity index (χ0n) is 24.8. The maximum atomic E-state index is 14.1. The molecule has 0 aliphatic rings. The first-order valence-corrected chi connectivity index (χ1v) is 16.0. The van der Waals surface area contributed by atoms with E-state index in [2.05, 4.69) is 5.32 Å². The van der Waals surface area contributed by atoms with Crippen molar-refractivity contribution in [2.75, 3.05) is 17.5 Å². The number of hydrogen-bond acceptors (Lipinski definition) is 5. The van der Waals surface area contributed by atoms with Gasteiger partial charge in [0.25, 0.3) is 10.0 Å². The van der Waals surface area contributed by atoms with Gasteiger partial charge in [0.05, 0.1) is 17.2 Å². The van der Waals surface area contributed by atoms with Crippen molar-refractivity contribution in [3.8, 4) is 5.75 Å². The van der Waals surface area contributed by atoms with E-state index in [0.717, 1.165) is 21.9 Å².